The van der Waals surface area contributed by atoms with Crippen LogP contribution in [0.15, 0.2) is 29.1 Å². The summed E-state index contributed by atoms with van der Waals surface area (Å²) in [5.41, 5.74) is -0.162. The molecule has 0 aromatic carbocycles. The number of carbonyl (C=O) groups excluding carboxylic acids is 1. The number of nitrogens with zero attached hydrogens (tertiary/aromatic N) is 3. The van der Waals surface area contributed by atoms with E-state index in [9.17, 15) is 14.7 Å². The molecule has 3 unspecified atom stereocenters. The standard InChI is InChI=1S/C21H30N4O3/c26-18-10-5-9-17(18)25-20(27)12-11-19(23-25)24-13-4-3-8-16(24)14-22-21(28)15-6-1-2-7-15/h1-2,11-12,15-18,26H,3-10,13-14H2,(H,22,28). The monoisotopic (exact) mass is 386 g/mol. The zero-order valence-corrected chi connectivity index (χ0v) is 16.3. The number of piperidine rings is 1. The molecule has 3 atom stereocenters. The number of aliphatic hydroxyl groups is 1. The van der Waals surface area contributed by atoms with E-state index < -0.39 is 6.10 Å². The van der Waals surface area contributed by atoms with Crippen LogP contribution in [0.2, 0.25) is 0 Å². The summed E-state index contributed by atoms with van der Waals surface area (Å²) >= 11 is 0. The van der Waals surface area contributed by atoms with Gasteiger partial charge in [0, 0.05) is 31.1 Å². The Balaban J connectivity index is 1.48. The van der Waals surface area contributed by atoms with Crippen molar-refractivity contribution < 1.29 is 9.90 Å². The summed E-state index contributed by atoms with van der Waals surface area (Å²) in [5.74, 6) is 0.962. The zero-order valence-electron chi connectivity index (χ0n) is 16.3. The van der Waals surface area contributed by atoms with Gasteiger partial charge in [-0.05, 0) is 57.4 Å². The SMILES string of the molecule is O=C(NCC1CCCCN1c1ccc(=O)n(C2CCCC2O)n1)C1CC=CC1. The van der Waals surface area contributed by atoms with Crippen molar-refractivity contribution in [2.45, 2.75) is 69.6 Å². The van der Waals surface area contributed by atoms with E-state index in [1.807, 2.05) is 0 Å². The second-order valence-corrected chi connectivity index (χ2v) is 8.27. The molecule has 1 saturated carbocycles. The molecule has 2 N–H and O–H groups in total. The summed E-state index contributed by atoms with van der Waals surface area (Å²) in [6.45, 7) is 1.46. The molecule has 7 heteroatoms. The molecule has 2 heterocycles. The van der Waals surface area contributed by atoms with E-state index in [0.717, 1.165) is 63.7 Å². The van der Waals surface area contributed by atoms with E-state index in [-0.39, 0.29) is 29.5 Å². The first-order valence-electron chi connectivity index (χ1n) is 10.6. The third kappa shape index (κ3) is 3.99. The Morgan fingerprint density at radius 2 is 1.96 bits per heavy atom. The summed E-state index contributed by atoms with van der Waals surface area (Å²) < 4.78 is 1.47. The summed E-state index contributed by atoms with van der Waals surface area (Å²) in [6.07, 6.45) is 10.9. The van der Waals surface area contributed by atoms with Gasteiger partial charge < -0.3 is 15.3 Å². The molecule has 3 aliphatic rings. The van der Waals surface area contributed by atoms with Gasteiger partial charge in [0.2, 0.25) is 5.91 Å². The smallest absolute Gasteiger partial charge is 0.267 e. The van der Waals surface area contributed by atoms with Crippen LogP contribution in [0.3, 0.4) is 0 Å². The Labute approximate surface area is 165 Å². The van der Waals surface area contributed by atoms with Gasteiger partial charge in [0.1, 0.15) is 5.82 Å². The summed E-state index contributed by atoms with van der Waals surface area (Å²) in [4.78, 5) is 26.9. The van der Waals surface area contributed by atoms with Gasteiger partial charge in [-0.3, -0.25) is 9.59 Å². The van der Waals surface area contributed by atoms with Crippen molar-refractivity contribution in [1.29, 1.82) is 0 Å². The third-order valence-corrected chi connectivity index (χ3v) is 6.38. The summed E-state index contributed by atoms with van der Waals surface area (Å²) in [6, 6.07) is 3.28. The number of amides is 1. The Kier molecular flexibility index (Phi) is 5.80. The fraction of sp³-hybridized carbons (Fsp3) is 0.667. The Morgan fingerprint density at radius 3 is 2.71 bits per heavy atom. The quantitative estimate of drug-likeness (QED) is 0.753. The van der Waals surface area contributed by atoms with Crippen molar-refractivity contribution in [3.63, 3.8) is 0 Å². The maximum Gasteiger partial charge on any atom is 0.267 e. The van der Waals surface area contributed by atoms with E-state index in [1.54, 1.807) is 12.1 Å². The summed E-state index contributed by atoms with van der Waals surface area (Å²) in [7, 11) is 0. The van der Waals surface area contributed by atoms with Crippen molar-refractivity contribution in [3.05, 3.63) is 34.6 Å². The summed E-state index contributed by atoms with van der Waals surface area (Å²) in [5, 5.41) is 18.0. The van der Waals surface area contributed by atoms with Crippen LogP contribution < -0.4 is 15.8 Å². The van der Waals surface area contributed by atoms with E-state index in [0.29, 0.717) is 6.54 Å². The van der Waals surface area contributed by atoms with Gasteiger partial charge >= 0.3 is 0 Å². The molecule has 0 radical (unpaired) electrons. The Morgan fingerprint density at radius 1 is 1.14 bits per heavy atom. The van der Waals surface area contributed by atoms with Gasteiger partial charge in [0.15, 0.2) is 0 Å². The molecule has 1 aromatic heterocycles. The number of anilines is 1. The van der Waals surface area contributed by atoms with Crippen LogP contribution in [-0.2, 0) is 4.79 Å². The number of allylic oxidation sites excluding steroid dienone is 2. The average Bonchev–Trinajstić information content (AvgIpc) is 3.39. The van der Waals surface area contributed by atoms with Crippen LogP contribution in [0.25, 0.3) is 0 Å². The zero-order chi connectivity index (χ0) is 19.5. The molecule has 0 spiro atoms. The van der Waals surface area contributed by atoms with Crippen molar-refractivity contribution in [2.75, 3.05) is 18.0 Å². The molecule has 2 aliphatic carbocycles. The topological polar surface area (TPSA) is 87.5 Å². The van der Waals surface area contributed by atoms with Gasteiger partial charge in [0.25, 0.3) is 5.56 Å². The fourth-order valence-corrected chi connectivity index (χ4v) is 4.72. The fourth-order valence-electron chi connectivity index (χ4n) is 4.72. The highest BCUT2D eigenvalue weighted by Gasteiger charge is 2.30. The highest BCUT2D eigenvalue weighted by molar-refractivity contribution is 5.79. The van der Waals surface area contributed by atoms with Crippen molar-refractivity contribution >= 4 is 11.7 Å². The van der Waals surface area contributed by atoms with Crippen LogP contribution in [-0.4, -0.2) is 46.0 Å². The molecule has 1 saturated heterocycles. The number of carbonyl (C=O) groups is 1. The van der Waals surface area contributed by atoms with Crippen molar-refractivity contribution in [1.82, 2.24) is 15.1 Å². The number of aliphatic hydroxyl groups excluding tert-OH is 1. The van der Waals surface area contributed by atoms with Crippen LogP contribution in [0.4, 0.5) is 5.82 Å². The molecule has 2 fully saturated rings. The van der Waals surface area contributed by atoms with Gasteiger partial charge in [-0.1, -0.05) is 12.2 Å². The molecular weight excluding hydrogens is 356 g/mol. The first-order chi connectivity index (χ1) is 13.6. The van der Waals surface area contributed by atoms with E-state index in [4.69, 9.17) is 0 Å². The molecule has 28 heavy (non-hydrogen) atoms. The largest absolute Gasteiger partial charge is 0.391 e. The number of rotatable bonds is 5. The first-order valence-corrected chi connectivity index (χ1v) is 10.6. The van der Waals surface area contributed by atoms with Crippen LogP contribution >= 0.6 is 0 Å². The lowest BCUT2D eigenvalue weighted by Gasteiger charge is -2.37. The molecule has 152 valence electrons. The highest BCUT2D eigenvalue weighted by Crippen LogP contribution is 2.29. The number of hydrogen-bond donors (Lipinski definition) is 2. The number of hydrogen-bond acceptors (Lipinski definition) is 5. The molecule has 0 bridgehead atoms. The van der Waals surface area contributed by atoms with E-state index in [2.05, 4.69) is 27.5 Å². The van der Waals surface area contributed by atoms with E-state index >= 15 is 0 Å². The molecule has 1 aromatic rings. The molecule has 1 aliphatic heterocycles. The third-order valence-electron chi connectivity index (χ3n) is 6.38. The second-order valence-electron chi connectivity index (χ2n) is 8.27. The predicted octanol–water partition coefficient (Wildman–Crippen LogP) is 1.77. The Hall–Kier alpha value is -2.15. The minimum absolute atomic E-state index is 0.0703. The van der Waals surface area contributed by atoms with Crippen LogP contribution in [0.1, 0.15) is 57.4 Å². The molecule has 7 nitrogen and oxygen atoms in total. The van der Waals surface area contributed by atoms with Crippen LogP contribution in [0, 0.1) is 5.92 Å². The molecule has 4 rings (SSSR count). The first kappa shape index (κ1) is 19.2. The lowest BCUT2D eigenvalue weighted by molar-refractivity contribution is -0.124. The van der Waals surface area contributed by atoms with Crippen LogP contribution in [0.5, 0.6) is 0 Å². The maximum absolute atomic E-state index is 12.4. The Bertz CT molecular complexity index is 782. The predicted molar refractivity (Wildman–Crippen MR) is 107 cm³/mol. The second kappa shape index (κ2) is 8.47. The van der Waals surface area contributed by atoms with Gasteiger partial charge in [-0.2, -0.15) is 5.10 Å². The lowest BCUT2D eigenvalue weighted by Crippen LogP contribution is -2.48. The van der Waals surface area contributed by atoms with Gasteiger partial charge in [-0.25, -0.2) is 4.68 Å². The van der Waals surface area contributed by atoms with E-state index in [1.165, 1.54) is 4.68 Å². The lowest BCUT2D eigenvalue weighted by atomic mass is 10.0. The van der Waals surface area contributed by atoms with Gasteiger partial charge in [0.05, 0.1) is 12.1 Å². The minimum Gasteiger partial charge on any atom is -0.391 e. The maximum atomic E-state index is 12.4. The van der Waals surface area contributed by atoms with Gasteiger partial charge in [-0.15, -0.1) is 0 Å². The number of nitrogens with one attached hydrogen (secondary N) is 1. The molecule has 1 amide bonds. The minimum atomic E-state index is -0.503. The average molecular weight is 386 g/mol. The van der Waals surface area contributed by atoms with Crippen molar-refractivity contribution in [3.8, 4) is 0 Å². The highest BCUT2D eigenvalue weighted by atomic mass is 16.3. The normalized spacial score (nSPS) is 28.0. The molecular formula is C21H30N4O3. The number of aromatic nitrogens is 2. The van der Waals surface area contributed by atoms with Crippen molar-refractivity contribution in [2.24, 2.45) is 5.92 Å².